The van der Waals surface area contributed by atoms with E-state index in [9.17, 15) is 9.90 Å². The molecule has 4 heteroatoms. The number of amides is 1. The van der Waals surface area contributed by atoms with Crippen LogP contribution in [0.4, 0.5) is 0 Å². The highest BCUT2D eigenvalue weighted by atomic mass is 127. The van der Waals surface area contributed by atoms with Crippen molar-refractivity contribution in [2.45, 2.75) is 12.8 Å². The molecule has 0 aromatic heterocycles. The molecule has 1 N–H and O–H groups in total. The first-order valence-electron chi connectivity index (χ1n) is 5.99. The van der Waals surface area contributed by atoms with Crippen LogP contribution in [0.5, 0.6) is 0 Å². The second kappa shape index (κ2) is 4.94. The summed E-state index contributed by atoms with van der Waals surface area (Å²) in [6, 6.07) is 15.2. The third-order valence-corrected chi connectivity index (χ3v) is 3.94. The SMILES string of the molecule is O=C1c2ccccc2C(O)N1Cc1cccc(I)c1. The van der Waals surface area contributed by atoms with Gasteiger partial charge in [0.05, 0.1) is 0 Å². The number of nitrogens with zero attached hydrogens (tertiary/aromatic N) is 1. The molecule has 0 saturated carbocycles. The van der Waals surface area contributed by atoms with Crippen LogP contribution in [0.15, 0.2) is 48.5 Å². The topological polar surface area (TPSA) is 40.5 Å². The van der Waals surface area contributed by atoms with Gasteiger partial charge in [0.25, 0.3) is 5.91 Å². The third kappa shape index (κ3) is 2.26. The minimum Gasteiger partial charge on any atom is -0.369 e. The lowest BCUT2D eigenvalue weighted by Gasteiger charge is -2.21. The Labute approximate surface area is 125 Å². The highest BCUT2D eigenvalue weighted by Crippen LogP contribution is 2.32. The van der Waals surface area contributed by atoms with Crippen molar-refractivity contribution in [1.82, 2.24) is 4.90 Å². The van der Waals surface area contributed by atoms with Gasteiger partial charge in [0.1, 0.15) is 0 Å². The predicted octanol–water partition coefficient (Wildman–Crippen LogP) is 2.94. The Morgan fingerprint density at radius 2 is 1.95 bits per heavy atom. The zero-order chi connectivity index (χ0) is 13.4. The van der Waals surface area contributed by atoms with Crippen LogP contribution >= 0.6 is 22.6 Å². The summed E-state index contributed by atoms with van der Waals surface area (Å²) in [4.78, 5) is 13.8. The lowest BCUT2D eigenvalue weighted by molar-refractivity contribution is 0.0137. The second-order valence-electron chi connectivity index (χ2n) is 4.52. The highest BCUT2D eigenvalue weighted by molar-refractivity contribution is 14.1. The largest absolute Gasteiger partial charge is 0.369 e. The molecule has 96 valence electrons. The van der Waals surface area contributed by atoms with E-state index in [2.05, 4.69) is 22.6 Å². The van der Waals surface area contributed by atoms with E-state index in [4.69, 9.17) is 0 Å². The van der Waals surface area contributed by atoms with Gasteiger partial charge in [-0.25, -0.2) is 0 Å². The lowest BCUT2D eigenvalue weighted by Crippen LogP contribution is -2.27. The Morgan fingerprint density at radius 1 is 1.16 bits per heavy atom. The molecule has 3 rings (SSSR count). The maximum Gasteiger partial charge on any atom is 0.256 e. The fourth-order valence-electron chi connectivity index (χ4n) is 2.34. The molecule has 1 heterocycles. The molecule has 0 fully saturated rings. The summed E-state index contributed by atoms with van der Waals surface area (Å²) in [6.45, 7) is 0.422. The van der Waals surface area contributed by atoms with E-state index in [1.165, 1.54) is 4.90 Å². The Balaban J connectivity index is 1.90. The van der Waals surface area contributed by atoms with E-state index >= 15 is 0 Å². The number of halogens is 1. The summed E-state index contributed by atoms with van der Waals surface area (Å²) >= 11 is 2.24. The number of aliphatic hydroxyl groups is 1. The number of fused-ring (bicyclic) bond motifs is 1. The molecular formula is C15H12INO2. The zero-order valence-corrected chi connectivity index (χ0v) is 12.2. The quantitative estimate of drug-likeness (QED) is 0.832. The summed E-state index contributed by atoms with van der Waals surface area (Å²) in [5, 5.41) is 10.2. The van der Waals surface area contributed by atoms with Crippen LogP contribution in [0.3, 0.4) is 0 Å². The molecule has 3 nitrogen and oxygen atoms in total. The van der Waals surface area contributed by atoms with Crippen LogP contribution < -0.4 is 0 Å². The fraction of sp³-hybridized carbons (Fsp3) is 0.133. The maximum atomic E-state index is 12.3. The number of aliphatic hydroxyl groups excluding tert-OH is 1. The van der Waals surface area contributed by atoms with Crippen molar-refractivity contribution >= 4 is 28.5 Å². The van der Waals surface area contributed by atoms with Gasteiger partial charge in [-0.15, -0.1) is 0 Å². The normalized spacial score (nSPS) is 17.7. The average Bonchev–Trinajstić information content (AvgIpc) is 2.65. The number of carbonyl (C=O) groups is 1. The standard InChI is InChI=1S/C15H12INO2/c16-11-5-3-4-10(8-11)9-17-14(18)12-6-1-2-7-13(12)15(17)19/h1-8,14,18H,9H2. The smallest absolute Gasteiger partial charge is 0.256 e. The molecule has 0 saturated heterocycles. The molecule has 1 aliphatic heterocycles. The Kier molecular flexibility index (Phi) is 3.28. The van der Waals surface area contributed by atoms with Crippen LogP contribution in [-0.2, 0) is 6.54 Å². The Bertz CT molecular complexity index is 642. The zero-order valence-electron chi connectivity index (χ0n) is 10.1. The van der Waals surface area contributed by atoms with Crippen molar-refractivity contribution in [1.29, 1.82) is 0 Å². The first kappa shape index (κ1) is 12.6. The average molecular weight is 365 g/mol. The Morgan fingerprint density at radius 3 is 2.68 bits per heavy atom. The van der Waals surface area contributed by atoms with Gasteiger partial charge in [0.15, 0.2) is 6.23 Å². The number of benzene rings is 2. The molecule has 2 aromatic carbocycles. The summed E-state index contributed by atoms with van der Waals surface area (Å²) in [5.41, 5.74) is 2.31. The highest BCUT2D eigenvalue weighted by Gasteiger charge is 2.34. The van der Waals surface area contributed by atoms with E-state index in [0.717, 1.165) is 9.13 Å². The molecule has 2 aromatic rings. The summed E-state index contributed by atoms with van der Waals surface area (Å²) in [5.74, 6) is -0.109. The van der Waals surface area contributed by atoms with Gasteiger partial charge in [-0.05, 0) is 46.4 Å². The summed E-state index contributed by atoms with van der Waals surface area (Å²) in [7, 11) is 0. The van der Waals surface area contributed by atoms with E-state index in [1.54, 1.807) is 12.1 Å². The molecule has 19 heavy (non-hydrogen) atoms. The van der Waals surface area contributed by atoms with Crippen LogP contribution in [0.1, 0.15) is 27.7 Å². The van der Waals surface area contributed by atoms with Gasteiger partial charge in [0.2, 0.25) is 0 Å². The van der Waals surface area contributed by atoms with Crippen LogP contribution in [-0.4, -0.2) is 15.9 Å². The molecule has 0 bridgehead atoms. The Hall–Kier alpha value is -1.40. The van der Waals surface area contributed by atoms with Gasteiger partial charge in [-0.2, -0.15) is 0 Å². The molecule has 1 amide bonds. The van der Waals surface area contributed by atoms with Crippen molar-refractivity contribution in [3.63, 3.8) is 0 Å². The van der Waals surface area contributed by atoms with Crippen molar-refractivity contribution in [2.75, 3.05) is 0 Å². The lowest BCUT2D eigenvalue weighted by atomic mass is 10.1. The summed E-state index contributed by atoms with van der Waals surface area (Å²) < 4.78 is 1.12. The monoisotopic (exact) mass is 365 g/mol. The number of rotatable bonds is 2. The van der Waals surface area contributed by atoms with Gasteiger partial charge in [-0.3, -0.25) is 4.79 Å². The number of hydrogen-bond acceptors (Lipinski definition) is 2. The molecule has 1 unspecified atom stereocenters. The van der Waals surface area contributed by atoms with Gasteiger partial charge < -0.3 is 10.0 Å². The van der Waals surface area contributed by atoms with Crippen LogP contribution in [0.2, 0.25) is 0 Å². The van der Waals surface area contributed by atoms with Gasteiger partial charge >= 0.3 is 0 Å². The molecule has 0 aliphatic carbocycles. The molecule has 0 radical (unpaired) electrons. The molecule has 0 spiro atoms. The summed E-state index contributed by atoms with van der Waals surface area (Å²) in [6.07, 6.45) is -0.846. The fourth-order valence-corrected chi connectivity index (χ4v) is 2.95. The minimum absolute atomic E-state index is 0.109. The predicted molar refractivity (Wildman–Crippen MR) is 80.4 cm³/mol. The van der Waals surface area contributed by atoms with E-state index in [1.807, 2.05) is 36.4 Å². The van der Waals surface area contributed by atoms with Crippen LogP contribution in [0, 0.1) is 3.57 Å². The van der Waals surface area contributed by atoms with Crippen molar-refractivity contribution < 1.29 is 9.90 Å². The van der Waals surface area contributed by atoms with E-state index in [0.29, 0.717) is 17.7 Å². The number of hydrogen-bond donors (Lipinski definition) is 1. The van der Waals surface area contributed by atoms with E-state index < -0.39 is 6.23 Å². The van der Waals surface area contributed by atoms with Crippen molar-refractivity contribution in [3.8, 4) is 0 Å². The minimum atomic E-state index is -0.846. The second-order valence-corrected chi connectivity index (χ2v) is 5.77. The van der Waals surface area contributed by atoms with Gasteiger partial charge in [0, 0.05) is 21.2 Å². The first-order valence-corrected chi connectivity index (χ1v) is 7.07. The van der Waals surface area contributed by atoms with Gasteiger partial charge in [-0.1, -0.05) is 30.3 Å². The molecule has 1 atom stereocenters. The molecule has 1 aliphatic rings. The molecular weight excluding hydrogens is 353 g/mol. The first-order chi connectivity index (χ1) is 9.16. The van der Waals surface area contributed by atoms with Crippen molar-refractivity contribution in [2.24, 2.45) is 0 Å². The third-order valence-electron chi connectivity index (χ3n) is 3.27. The van der Waals surface area contributed by atoms with E-state index in [-0.39, 0.29) is 5.91 Å². The van der Waals surface area contributed by atoms with Crippen LogP contribution in [0.25, 0.3) is 0 Å². The number of carbonyl (C=O) groups excluding carboxylic acids is 1. The van der Waals surface area contributed by atoms with Crippen molar-refractivity contribution in [3.05, 3.63) is 68.8 Å². The maximum absolute atomic E-state index is 12.3.